The van der Waals surface area contributed by atoms with Gasteiger partial charge in [-0.3, -0.25) is 25.0 Å². The monoisotopic (exact) mass is 348 g/mol. The number of fused-ring (bicyclic) bond motifs is 1. The summed E-state index contributed by atoms with van der Waals surface area (Å²) in [5.74, 6) is -0.886. The van der Waals surface area contributed by atoms with Crippen LogP contribution in [0.3, 0.4) is 0 Å². The van der Waals surface area contributed by atoms with Crippen LogP contribution in [0.1, 0.15) is 22.0 Å². The molecule has 122 valence electrons. The summed E-state index contributed by atoms with van der Waals surface area (Å²) in [4.78, 5) is 31.0. The highest BCUT2D eigenvalue weighted by molar-refractivity contribution is 6.37. The number of rotatable bonds is 3. The molecular weight excluding hydrogens is 340 g/mol. The third-order valence-electron chi connectivity index (χ3n) is 3.72. The van der Waals surface area contributed by atoms with Gasteiger partial charge in [-0.25, -0.2) is 0 Å². The molecule has 24 heavy (non-hydrogen) atoms. The molecule has 0 aromatic heterocycles. The van der Waals surface area contributed by atoms with Gasteiger partial charge >= 0.3 is 5.00 Å². The minimum atomic E-state index is -2.69. The lowest BCUT2D eigenvalue weighted by Gasteiger charge is -2.32. The topological polar surface area (TPSA) is 113 Å². The molecule has 8 nitrogen and oxygen atoms in total. The molecule has 2 unspecified atom stereocenters. The molecule has 2 aromatic rings. The highest BCUT2D eigenvalue weighted by Crippen LogP contribution is 2.47. The number of carbonyl (C=O) groups excluding carboxylic acids is 1. The van der Waals surface area contributed by atoms with Crippen molar-refractivity contribution in [2.75, 3.05) is 0 Å². The second kappa shape index (κ2) is 5.57. The molecule has 0 spiro atoms. The van der Waals surface area contributed by atoms with Gasteiger partial charge in [0.2, 0.25) is 6.10 Å². The number of carbonyl (C=O) groups is 1. The van der Waals surface area contributed by atoms with E-state index in [4.69, 9.17) is 16.3 Å². The molecule has 2 atom stereocenters. The van der Waals surface area contributed by atoms with Gasteiger partial charge in [-0.2, -0.15) is 0 Å². The molecular formula is C15H9ClN2O6. The largest absolute Gasteiger partial charge is 0.475 e. The first-order valence-corrected chi connectivity index (χ1v) is 7.12. The first-order chi connectivity index (χ1) is 11.4. The minimum Gasteiger partial charge on any atom is -0.475 e. The zero-order valence-electron chi connectivity index (χ0n) is 11.9. The SMILES string of the molecule is O=C1c2ccccc2OC(c2ccccc2[N+](=O)[O-])C1(Cl)[N+](=O)[O-]. The van der Waals surface area contributed by atoms with Crippen LogP contribution in [-0.4, -0.2) is 20.6 Å². The van der Waals surface area contributed by atoms with E-state index >= 15 is 0 Å². The fourth-order valence-electron chi connectivity index (χ4n) is 2.59. The first-order valence-electron chi connectivity index (χ1n) is 6.74. The number of para-hydroxylation sites is 2. The number of Topliss-reactive ketones (excluding diaryl/α,β-unsaturated/α-hetero) is 1. The van der Waals surface area contributed by atoms with Crippen molar-refractivity contribution in [3.63, 3.8) is 0 Å². The van der Waals surface area contributed by atoms with E-state index in [1.165, 1.54) is 42.5 Å². The maximum absolute atomic E-state index is 12.6. The minimum absolute atomic E-state index is 0.0426. The van der Waals surface area contributed by atoms with E-state index in [0.29, 0.717) is 0 Å². The Kier molecular flexibility index (Phi) is 3.69. The molecule has 0 N–H and O–H groups in total. The Balaban J connectivity index is 2.25. The molecule has 1 aliphatic rings. The normalized spacial score (nSPS) is 22.4. The maximum Gasteiger partial charge on any atom is 0.397 e. The smallest absolute Gasteiger partial charge is 0.397 e. The van der Waals surface area contributed by atoms with Crippen LogP contribution in [0.5, 0.6) is 5.75 Å². The lowest BCUT2D eigenvalue weighted by Crippen LogP contribution is -2.51. The Labute approximate surface area is 139 Å². The molecule has 3 rings (SSSR count). The summed E-state index contributed by atoms with van der Waals surface area (Å²) in [5.41, 5.74) is -0.599. The van der Waals surface area contributed by atoms with Gasteiger partial charge in [-0.05, 0) is 29.8 Å². The highest BCUT2D eigenvalue weighted by atomic mass is 35.5. The second-order valence-electron chi connectivity index (χ2n) is 5.07. The van der Waals surface area contributed by atoms with Crippen molar-refractivity contribution in [1.29, 1.82) is 0 Å². The van der Waals surface area contributed by atoms with Gasteiger partial charge in [0.25, 0.3) is 11.5 Å². The van der Waals surface area contributed by atoms with Crippen LogP contribution in [0.4, 0.5) is 5.69 Å². The van der Waals surface area contributed by atoms with E-state index in [9.17, 15) is 25.0 Å². The van der Waals surface area contributed by atoms with E-state index in [1.54, 1.807) is 6.07 Å². The fourth-order valence-corrected chi connectivity index (χ4v) is 2.86. The van der Waals surface area contributed by atoms with E-state index in [-0.39, 0.29) is 16.9 Å². The molecule has 0 amide bonds. The number of hydrogen-bond acceptors (Lipinski definition) is 6. The number of benzene rings is 2. The molecule has 2 aromatic carbocycles. The number of hydrogen-bond donors (Lipinski definition) is 0. The molecule has 1 heterocycles. The molecule has 0 bridgehead atoms. The van der Waals surface area contributed by atoms with Crippen molar-refractivity contribution in [2.45, 2.75) is 11.1 Å². The number of ether oxygens (including phenoxy) is 1. The maximum atomic E-state index is 12.6. The molecule has 0 radical (unpaired) electrons. The lowest BCUT2D eigenvalue weighted by atomic mass is 9.90. The molecule has 9 heteroatoms. The van der Waals surface area contributed by atoms with Crippen LogP contribution in [0.25, 0.3) is 0 Å². The standard InChI is InChI=1S/C15H9ClN2O6/c16-15(18(22)23)13(19)10-6-2-4-8-12(10)24-14(15)9-5-1-3-7-11(9)17(20)21/h1-8,14H. The molecule has 0 fully saturated rings. The summed E-state index contributed by atoms with van der Waals surface area (Å²) in [6.07, 6.45) is -1.64. The number of halogens is 1. The van der Waals surface area contributed by atoms with Crippen LogP contribution in [-0.2, 0) is 0 Å². The zero-order valence-corrected chi connectivity index (χ0v) is 12.7. The Bertz CT molecular complexity index is 871. The fraction of sp³-hybridized carbons (Fsp3) is 0.133. The average molecular weight is 349 g/mol. The van der Waals surface area contributed by atoms with Gasteiger partial charge in [0, 0.05) is 6.07 Å². The van der Waals surface area contributed by atoms with E-state index in [1.807, 2.05) is 0 Å². The van der Waals surface area contributed by atoms with Crippen molar-refractivity contribution < 1.29 is 19.4 Å². The van der Waals surface area contributed by atoms with E-state index in [0.717, 1.165) is 0 Å². The second-order valence-corrected chi connectivity index (χ2v) is 5.65. The molecule has 1 aliphatic heterocycles. The van der Waals surface area contributed by atoms with Crippen molar-refractivity contribution in [1.82, 2.24) is 0 Å². The van der Waals surface area contributed by atoms with Gasteiger partial charge in [0.1, 0.15) is 5.75 Å². The zero-order chi connectivity index (χ0) is 17.5. The van der Waals surface area contributed by atoms with E-state index in [2.05, 4.69) is 0 Å². The summed E-state index contributed by atoms with van der Waals surface area (Å²) in [7, 11) is 0. The summed E-state index contributed by atoms with van der Waals surface area (Å²) in [6.45, 7) is 0. The van der Waals surface area contributed by atoms with Crippen LogP contribution >= 0.6 is 11.6 Å². The van der Waals surface area contributed by atoms with Crippen LogP contribution < -0.4 is 4.74 Å². The number of ketones is 1. The van der Waals surface area contributed by atoms with Gasteiger partial charge in [0.15, 0.2) is 0 Å². The Morgan fingerprint density at radius 3 is 2.33 bits per heavy atom. The summed E-state index contributed by atoms with van der Waals surface area (Å²) in [6, 6.07) is 11.2. The summed E-state index contributed by atoms with van der Waals surface area (Å²) in [5, 5.41) is 22.8. The Hall–Kier alpha value is -3.00. The molecule has 0 aliphatic carbocycles. The summed E-state index contributed by atoms with van der Waals surface area (Å²) < 4.78 is 5.56. The number of nitro benzene ring substituents is 1. The highest BCUT2D eigenvalue weighted by Gasteiger charge is 2.63. The average Bonchev–Trinajstić information content (AvgIpc) is 2.58. The van der Waals surface area contributed by atoms with Crippen LogP contribution in [0.2, 0.25) is 0 Å². The van der Waals surface area contributed by atoms with Gasteiger partial charge in [0.05, 0.1) is 21.0 Å². The quantitative estimate of drug-likeness (QED) is 0.364. The van der Waals surface area contributed by atoms with E-state index < -0.39 is 32.4 Å². The number of nitrogens with zero attached hydrogens (tertiary/aromatic N) is 2. The Morgan fingerprint density at radius 2 is 1.67 bits per heavy atom. The third-order valence-corrected chi connectivity index (χ3v) is 4.23. The Morgan fingerprint density at radius 1 is 1.04 bits per heavy atom. The van der Waals surface area contributed by atoms with Crippen LogP contribution in [0.15, 0.2) is 48.5 Å². The van der Waals surface area contributed by atoms with Gasteiger partial charge < -0.3 is 4.74 Å². The van der Waals surface area contributed by atoms with Crippen molar-refractivity contribution >= 4 is 23.1 Å². The number of nitro groups is 2. The van der Waals surface area contributed by atoms with Crippen molar-refractivity contribution in [2.24, 2.45) is 0 Å². The predicted octanol–water partition coefficient (Wildman–Crippen LogP) is 3.12. The van der Waals surface area contributed by atoms with Crippen LogP contribution in [0, 0.1) is 20.2 Å². The van der Waals surface area contributed by atoms with Crippen molar-refractivity contribution in [3.05, 3.63) is 79.9 Å². The number of alkyl halides is 1. The molecule has 0 saturated heterocycles. The first kappa shape index (κ1) is 15.9. The van der Waals surface area contributed by atoms with Gasteiger partial charge in [-0.1, -0.05) is 24.3 Å². The third kappa shape index (κ3) is 2.19. The predicted molar refractivity (Wildman–Crippen MR) is 82.8 cm³/mol. The van der Waals surface area contributed by atoms with Gasteiger partial charge in [-0.15, -0.1) is 0 Å². The lowest BCUT2D eigenvalue weighted by molar-refractivity contribution is -0.536. The molecule has 0 saturated carbocycles. The van der Waals surface area contributed by atoms with Crippen molar-refractivity contribution in [3.8, 4) is 5.75 Å². The summed E-state index contributed by atoms with van der Waals surface area (Å²) >= 11 is 6.07.